The SMILES string of the molecule is CC(C)CCOc1cccc(NCC(C)c2ccc(CC(C)C)cc2)c1. The van der Waals surface area contributed by atoms with Crippen LogP contribution in [0, 0.1) is 11.8 Å². The Morgan fingerprint density at radius 1 is 0.885 bits per heavy atom. The quantitative estimate of drug-likeness (QED) is 0.524. The first-order valence-electron chi connectivity index (χ1n) is 9.99. The lowest BCUT2D eigenvalue weighted by molar-refractivity contribution is 0.289. The molecule has 0 aliphatic carbocycles. The third-order valence-corrected chi connectivity index (χ3v) is 4.60. The fourth-order valence-electron chi connectivity index (χ4n) is 2.95. The molecule has 0 aliphatic heterocycles. The van der Waals surface area contributed by atoms with Crippen LogP contribution in [0.1, 0.15) is 58.1 Å². The molecule has 26 heavy (non-hydrogen) atoms. The number of rotatable bonds is 10. The normalized spacial score (nSPS) is 12.4. The zero-order valence-corrected chi connectivity index (χ0v) is 17.1. The second-order valence-corrected chi connectivity index (χ2v) is 8.18. The number of benzene rings is 2. The van der Waals surface area contributed by atoms with Crippen LogP contribution in [0.15, 0.2) is 48.5 Å². The number of ether oxygens (including phenoxy) is 1. The second kappa shape index (κ2) is 10.3. The highest BCUT2D eigenvalue weighted by Crippen LogP contribution is 2.21. The van der Waals surface area contributed by atoms with Crippen molar-refractivity contribution in [1.82, 2.24) is 0 Å². The molecule has 0 radical (unpaired) electrons. The molecule has 0 heterocycles. The topological polar surface area (TPSA) is 21.3 Å². The first-order valence-corrected chi connectivity index (χ1v) is 9.99. The van der Waals surface area contributed by atoms with Crippen LogP contribution in [-0.2, 0) is 6.42 Å². The molecule has 0 aliphatic rings. The number of hydrogen-bond donors (Lipinski definition) is 1. The predicted octanol–water partition coefficient (Wildman–Crippen LogP) is 6.53. The van der Waals surface area contributed by atoms with Crippen molar-refractivity contribution >= 4 is 5.69 Å². The van der Waals surface area contributed by atoms with Gasteiger partial charge in [0.05, 0.1) is 6.61 Å². The van der Waals surface area contributed by atoms with Crippen molar-refractivity contribution in [3.05, 3.63) is 59.7 Å². The third-order valence-electron chi connectivity index (χ3n) is 4.60. The van der Waals surface area contributed by atoms with Crippen LogP contribution in [0.2, 0.25) is 0 Å². The smallest absolute Gasteiger partial charge is 0.121 e. The first-order chi connectivity index (χ1) is 12.4. The molecule has 1 atom stereocenters. The largest absolute Gasteiger partial charge is 0.494 e. The van der Waals surface area contributed by atoms with Crippen molar-refractivity contribution in [3.8, 4) is 5.75 Å². The Morgan fingerprint density at radius 2 is 1.62 bits per heavy atom. The summed E-state index contributed by atoms with van der Waals surface area (Å²) in [6.45, 7) is 12.9. The molecule has 2 aromatic carbocycles. The van der Waals surface area contributed by atoms with Crippen molar-refractivity contribution in [1.29, 1.82) is 0 Å². The number of anilines is 1. The van der Waals surface area contributed by atoms with Gasteiger partial charge in [0.15, 0.2) is 0 Å². The van der Waals surface area contributed by atoms with Gasteiger partial charge >= 0.3 is 0 Å². The highest BCUT2D eigenvalue weighted by Gasteiger charge is 2.07. The Hall–Kier alpha value is -1.96. The van der Waals surface area contributed by atoms with Gasteiger partial charge in [-0.15, -0.1) is 0 Å². The van der Waals surface area contributed by atoms with E-state index in [1.165, 1.54) is 11.1 Å². The molecule has 0 saturated carbocycles. The monoisotopic (exact) mass is 353 g/mol. The van der Waals surface area contributed by atoms with E-state index in [2.05, 4.69) is 82.4 Å². The van der Waals surface area contributed by atoms with Gasteiger partial charge in [-0.1, -0.05) is 65.0 Å². The van der Waals surface area contributed by atoms with Crippen molar-refractivity contribution in [2.45, 2.75) is 53.4 Å². The third kappa shape index (κ3) is 7.11. The molecule has 1 N–H and O–H groups in total. The predicted molar refractivity (Wildman–Crippen MR) is 113 cm³/mol. The Morgan fingerprint density at radius 3 is 2.27 bits per heavy atom. The summed E-state index contributed by atoms with van der Waals surface area (Å²) in [5.74, 6) is 2.79. The number of nitrogens with one attached hydrogen (secondary N) is 1. The lowest BCUT2D eigenvalue weighted by Crippen LogP contribution is -2.10. The summed E-state index contributed by atoms with van der Waals surface area (Å²) in [7, 11) is 0. The molecule has 0 bridgehead atoms. The average Bonchev–Trinajstić information content (AvgIpc) is 2.60. The molecule has 0 aromatic heterocycles. The summed E-state index contributed by atoms with van der Waals surface area (Å²) >= 11 is 0. The van der Waals surface area contributed by atoms with E-state index in [0.717, 1.165) is 37.4 Å². The lowest BCUT2D eigenvalue weighted by Gasteiger charge is -2.16. The van der Waals surface area contributed by atoms with Gasteiger partial charge < -0.3 is 10.1 Å². The van der Waals surface area contributed by atoms with E-state index >= 15 is 0 Å². The van der Waals surface area contributed by atoms with Crippen LogP contribution in [-0.4, -0.2) is 13.2 Å². The standard InChI is InChI=1S/C24H35NO/c1-18(2)13-14-26-24-8-6-7-23(16-24)25-17-20(5)22-11-9-21(10-12-22)15-19(3)4/h6-12,16,18-20,25H,13-15,17H2,1-5H3. The highest BCUT2D eigenvalue weighted by atomic mass is 16.5. The van der Waals surface area contributed by atoms with E-state index < -0.39 is 0 Å². The minimum absolute atomic E-state index is 0.466. The van der Waals surface area contributed by atoms with Crippen molar-refractivity contribution in [2.75, 3.05) is 18.5 Å². The summed E-state index contributed by atoms with van der Waals surface area (Å²) in [4.78, 5) is 0. The second-order valence-electron chi connectivity index (χ2n) is 8.18. The van der Waals surface area contributed by atoms with E-state index in [1.54, 1.807) is 0 Å². The molecule has 0 spiro atoms. The van der Waals surface area contributed by atoms with E-state index in [9.17, 15) is 0 Å². The van der Waals surface area contributed by atoms with E-state index in [0.29, 0.717) is 17.8 Å². The fraction of sp³-hybridized carbons (Fsp3) is 0.500. The van der Waals surface area contributed by atoms with Gasteiger partial charge in [-0.3, -0.25) is 0 Å². The zero-order valence-electron chi connectivity index (χ0n) is 17.1. The summed E-state index contributed by atoms with van der Waals surface area (Å²) < 4.78 is 5.85. The van der Waals surface area contributed by atoms with Crippen LogP contribution in [0.3, 0.4) is 0 Å². The molecule has 2 nitrogen and oxygen atoms in total. The maximum Gasteiger partial charge on any atom is 0.121 e. The number of hydrogen-bond acceptors (Lipinski definition) is 2. The fourth-order valence-corrected chi connectivity index (χ4v) is 2.95. The molecule has 2 heteroatoms. The van der Waals surface area contributed by atoms with Crippen molar-refractivity contribution < 1.29 is 4.74 Å². The molecule has 2 aromatic rings. The molecule has 0 amide bonds. The first kappa shape index (κ1) is 20.4. The summed E-state index contributed by atoms with van der Waals surface area (Å²) in [5.41, 5.74) is 3.93. The Balaban J connectivity index is 1.85. The van der Waals surface area contributed by atoms with E-state index in [-0.39, 0.29) is 0 Å². The Kier molecular flexibility index (Phi) is 8.03. The van der Waals surface area contributed by atoms with Gasteiger partial charge in [-0.05, 0) is 53.9 Å². The zero-order chi connectivity index (χ0) is 18.9. The molecule has 2 rings (SSSR count). The van der Waals surface area contributed by atoms with Crippen LogP contribution < -0.4 is 10.1 Å². The molecule has 0 fully saturated rings. The van der Waals surface area contributed by atoms with Crippen LogP contribution in [0.4, 0.5) is 5.69 Å². The van der Waals surface area contributed by atoms with E-state index in [1.807, 2.05) is 6.07 Å². The van der Waals surface area contributed by atoms with Gasteiger partial charge in [0.1, 0.15) is 5.75 Å². The molecular formula is C24H35NO. The summed E-state index contributed by atoms with van der Waals surface area (Å²) in [5, 5.41) is 3.55. The maximum atomic E-state index is 5.85. The Labute approximate surface area is 160 Å². The minimum Gasteiger partial charge on any atom is -0.494 e. The molecule has 142 valence electrons. The molecular weight excluding hydrogens is 318 g/mol. The van der Waals surface area contributed by atoms with Crippen LogP contribution >= 0.6 is 0 Å². The van der Waals surface area contributed by atoms with Gasteiger partial charge in [0.2, 0.25) is 0 Å². The molecule has 1 unspecified atom stereocenters. The van der Waals surface area contributed by atoms with E-state index in [4.69, 9.17) is 4.74 Å². The van der Waals surface area contributed by atoms with Gasteiger partial charge in [-0.2, -0.15) is 0 Å². The van der Waals surface area contributed by atoms with Gasteiger partial charge in [0.25, 0.3) is 0 Å². The lowest BCUT2D eigenvalue weighted by atomic mass is 9.97. The van der Waals surface area contributed by atoms with Crippen LogP contribution in [0.5, 0.6) is 5.75 Å². The Bertz CT molecular complexity index is 646. The van der Waals surface area contributed by atoms with Crippen molar-refractivity contribution in [2.24, 2.45) is 11.8 Å². The van der Waals surface area contributed by atoms with Gasteiger partial charge in [0, 0.05) is 18.3 Å². The minimum atomic E-state index is 0.466. The summed E-state index contributed by atoms with van der Waals surface area (Å²) in [6.07, 6.45) is 2.23. The highest BCUT2D eigenvalue weighted by molar-refractivity contribution is 5.48. The van der Waals surface area contributed by atoms with Gasteiger partial charge in [-0.25, -0.2) is 0 Å². The molecule has 0 saturated heterocycles. The summed E-state index contributed by atoms with van der Waals surface area (Å²) in [6, 6.07) is 17.4. The average molecular weight is 354 g/mol. The maximum absolute atomic E-state index is 5.85. The van der Waals surface area contributed by atoms with Crippen molar-refractivity contribution in [3.63, 3.8) is 0 Å². The van der Waals surface area contributed by atoms with Crippen LogP contribution in [0.25, 0.3) is 0 Å².